The van der Waals surface area contributed by atoms with E-state index in [1.54, 1.807) is 6.92 Å². The van der Waals surface area contributed by atoms with Gasteiger partial charge in [-0.1, -0.05) is 0 Å². The fourth-order valence-corrected chi connectivity index (χ4v) is 3.64. The molecule has 14 nitrogen and oxygen atoms in total. The highest BCUT2D eigenvalue weighted by Crippen LogP contribution is 2.46. The Morgan fingerprint density at radius 3 is 1.88 bits per heavy atom. The highest BCUT2D eigenvalue weighted by molar-refractivity contribution is 6.03. The maximum Gasteiger partial charge on any atom is 0.308 e. The Morgan fingerprint density at radius 2 is 1.29 bits per heavy atom. The summed E-state index contributed by atoms with van der Waals surface area (Å²) in [5.74, 6) is -3.83. The molecule has 4 bridgehead atoms. The SMILES string of the molecule is CC(=O)Oc1[c]c2[c]c(c1)OC(C)CNC2=O.CC(=O)Oc1cc2c(OC(C)=O)c(c1OC(C)=O)C(=O)NCC(C)O2. The van der Waals surface area contributed by atoms with Gasteiger partial charge >= 0.3 is 23.9 Å². The molecule has 2 aromatic carbocycles. The van der Waals surface area contributed by atoms with Crippen LogP contribution in [0.5, 0.6) is 34.5 Å². The van der Waals surface area contributed by atoms with Gasteiger partial charge in [-0.2, -0.15) is 0 Å². The zero-order chi connectivity index (χ0) is 31.1. The van der Waals surface area contributed by atoms with Crippen molar-refractivity contribution >= 4 is 35.7 Å². The van der Waals surface area contributed by atoms with Crippen LogP contribution in [-0.4, -0.2) is 61.0 Å². The normalized spacial score (nSPS) is 16.9. The Balaban J connectivity index is 0.000000247. The quantitative estimate of drug-likeness (QED) is 0.393. The molecule has 2 aliphatic rings. The summed E-state index contributed by atoms with van der Waals surface area (Å²) in [5, 5.41) is 5.22. The molecular formula is C28H28N2O12. The van der Waals surface area contributed by atoms with Gasteiger partial charge < -0.3 is 39.1 Å². The van der Waals surface area contributed by atoms with E-state index < -0.39 is 35.9 Å². The summed E-state index contributed by atoms with van der Waals surface area (Å²) in [4.78, 5) is 69.2. The molecule has 0 saturated heterocycles. The smallest absolute Gasteiger partial charge is 0.308 e. The standard InChI is InChI=1S/C16H17NO8.C12H11NO4/c1-7-6-17-16(21)13-14(24-9(3)19)11(22-7)5-12(23-8(2)18)15(13)25-10(4)20;1-7-6-13-12(15)9-3-10(16-7)5-11(4-9)17-8(2)14/h5,7H,6H2,1-4H3,(H,17,21);5,7H,6H2,1-2H3,(H,13,15). The minimum Gasteiger partial charge on any atom is -0.488 e. The summed E-state index contributed by atoms with van der Waals surface area (Å²) in [6.07, 6.45) is -0.618. The van der Waals surface area contributed by atoms with Crippen LogP contribution < -0.4 is 39.1 Å². The Labute approximate surface area is 240 Å². The molecule has 2 aromatic rings. The molecule has 14 heteroatoms. The van der Waals surface area contributed by atoms with Gasteiger partial charge in [0, 0.05) is 52.0 Å². The third-order valence-corrected chi connectivity index (χ3v) is 5.13. The van der Waals surface area contributed by atoms with Crippen LogP contribution in [0.15, 0.2) is 12.1 Å². The van der Waals surface area contributed by atoms with Gasteiger partial charge in [0.15, 0.2) is 23.0 Å². The summed E-state index contributed by atoms with van der Waals surface area (Å²) < 4.78 is 31.2. The number of benzene rings is 2. The van der Waals surface area contributed by atoms with E-state index >= 15 is 0 Å². The maximum atomic E-state index is 12.5. The number of nitrogens with one attached hydrogen (secondary N) is 2. The highest BCUT2D eigenvalue weighted by atomic mass is 16.6. The van der Waals surface area contributed by atoms with Crippen molar-refractivity contribution in [2.75, 3.05) is 13.1 Å². The van der Waals surface area contributed by atoms with Crippen LogP contribution in [0.3, 0.4) is 0 Å². The van der Waals surface area contributed by atoms with Gasteiger partial charge in [-0.15, -0.1) is 0 Å². The Morgan fingerprint density at radius 1 is 0.738 bits per heavy atom. The Hall–Kier alpha value is -5.14. The predicted octanol–water partition coefficient (Wildman–Crippen LogP) is 1.70. The van der Waals surface area contributed by atoms with E-state index in [0.717, 1.165) is 20.8 Å². The monoisotopic (exact) mass is 584 g/mol. The number of rotatable bonds is 4. The fraction of sp³-hybridized carbons (Fsp3) is 0.357. The van der Waals surface area contributed by atoms with Crippen molar-refractivity contribution in [3.63, 3.8) is 0 Å². The zero-order valence-corrected chi connectivity index (χ0v) is 23.6. The molecule has 2 radical (unpaired) electrons. The van der Waals surface area contributed by atoms with E-state index in [9.17, 15) is 28.8 Å². The third kappa shape index (κ3) is 8.43. The number of amides is 2. The van der Waals surface area contributed by atoms with Crippen LogP contribution in [0, 0.1) is 12.1 Å². The molecule has 4 rings (SSSR count). The number of hydrogen-bond donors (Lipinski definition) is 2. The molecule has 2 N–H and O–H groups in total. The lowest BCUT2D eigenvalue weighted by Crippen LogP contribution is -2.36. The van der Waals surface area contributed by atoms with Gasteiger partial charge in [-0.05, 0) is 13.8 Å². The number of esters is 4. The summed E-state index contributed by atoms with van der Waals surface area (Å²) >= 11 is 0. The summed E-state index contributed by atoms with van der Waals surface area (Å²) in [6.45, 7) is 8.77. The van der Waals surface area contributed by atoms with E-state index in [4.69, 9.17) is 28.4 Å². The molecule has 2 heterocycles. The van der Waals surface area contributed by atoms with E-state index in [0.29, 0.717) is 12.3 Å². The van der Waals surface area contributed by atoms with E-state index in [1.807, 2.05) is 6.92 Å². The first-order chi connectivity index (χ1) is 19.7. The van der Waals surface area contributed by atoms with Gasteiger partial charge in [0.05, 0.1) is 18.7 Å². The number of ether oxygens (including phenoxy) is 6. The van der Waals surface area contributed by atoms with Crippen LogP contribution >= 0.6 is 0 Å². The maximum absolute atomic E-state index is 12.5. The van der Waals surface area contributed by atoms with Crippen LogP contribution in [0.25, 0.3) is 0 Å². The summed E-state index contributed by atoms with van der Waals surface area (Å²) in [5.41, 5.74) is -0.100. The fourth-order valence-electron chi connectivity index (χ4n) is 3.64. The molecule has 222 valence electrons. The first-order valence-corrected chi connectivity index (χ1v) is 12.6. The van der Waals surface area contributed by atoms with Gasteiger partial charge in [0.2, 0.25) is 0 Å². The number of carbonyl (C=O) groups excluding carboxylic acids is 6. The first kappa shape index (κ1) is 31.4. The van der Waals surface area contributed by atoms with Gasteiger partial charge in [0.25, 0.3) is 11.8 Å². The second-order valence-electron chi connectivity index (χ2n) is 9.06. The van der Waals surface area contributed by atoms with Crippen LogP contribution in [-0.2, 0) is 19.2 Å². The Bertz CT molecular complexity index is 1430. The highest BCUT2D eigenvalue weighted by Gasteiger charge is 2.32. The van der Waals surface area contributed by atoms with Crippen LogP contribution in [0.4, 0.5) is 0 Å². The second kappa shape index (κ2) is 13.5. The molecule has 2 aliphatic heterocycles. The summed E-state index contributed by atoms with van der Waals surface area (Å²) in [7, 11) is 0. The molecule has 2 atom stereocenters. The minimum absolute atomic E-state index is 0.0136. The Kier molecular flexibility index (Phi) is 10.1. The van der Waals surface area contributed by atoms with E-state index in [-0.39, 0.29) is 58.4 Å². The predicted molar refractivity (Wildman–Crippen MR) is 141 cm³/mol. The minimum atomic E-state index is -0.754. The van der Waals surface area contributed by atoms with Crippen molar-refractivity contribution in [2.24, 2.45) is 0 Å². The average molecular weight is 585 g/mol. The molecule has 0 spiro atoms. The topological polar surface area (TPSA) is 182 Å². The average Bonchev–Trinajstić information content (AvgIpc) is 2.86. The molecular weight excluding hydrogens is 556 g/mol. The molecule has 2 amide bonds. The van der Waals surface area contributed by atoms with Crippen molar-refractivity contribution < 1.29 is 57.2 Å². The lowest BCUT2D eigenvalue weighted by Gasteiger charge is -2.25. The summed E-state index contributed by atoms with van der Waals surface area (Å²) in [6, 6.07) is 8.14. The molecule has 2 unspecified atom stereocenters. The lowest BCUT2D eigenvalue weighted by atomic mass is 10.1. The van der Waals surface area contributed by atoms with Crippen molar-refractivity contribution in [2.45, 2.75) is 53.8 Å². The molecule has 0 saturated carbocycles. The van der Waals surface area contributed by atoms with E-state index in [2.05, 4.69) is 22.8 Å². The zero-order valence-electron chi connectivity index (χ0n) is 23.6. The van der Waals surface area contributed by atoms with Crippen LogP contribution in [0.2, 0.25) is 0 Å². The van der Waals surface area contributed by atoms with Gasteiger partial charge in [-0.25, -0.2) is 0 Å². The van der Waals surface area contributed by atoms with Crippen molar-refractivity contribution in [1.29, 1.82) is 0 Å². The second-order valence-corrected chi connectivity index (χ2v) is 9.06. The van der Waals surface area contributed by atoms with Crippen molar-refractivity contribution in [1.82, 2.24) is 10.6 Å². The molecule has 0 aliphatic carbocycles. The molecule has 42 heavy (non-hydrogen) atoms. The van der Waals surface area contributed by atoms with Gasteiger partial charge in [0.1, 0.15) is 29.3 Å². The van der Waals surface area contributed by atoms with Crippen molar-refractivity contribution in [3.8, 4) is 34.5 Å². The van der Waals surface area contributed by atoms with Crippen LogP contribution in [0.1, 0.15) is 62.3 Å². The number of fused-ring (bicyclic) bond motifs is 4. The molecule has 0 fully saturated rings. The van der Waals surface area contributed by atoms with Crippen molar-refractivity contribution in [3.05, 3.63) is 35.4 Å². The number of hydrogen-bond acceptors (Lipinski definition) is 12. The largest absolute Gasteiger partial charge is 0.488 e. The third-order valence-electron chi connectivity index (χ3n) is 5.13. The van der Waals surface area contributed by atoms with E-state index in [1.165, 1.54) is 19.1 Å². The number of carbonyl (C=O) groups is 6. The lowest BCUT2D eigenvalue weighted by molar-refractivity contribution is -0.134. The first-order valence-electron chi connectivity index (χ1n) is 12.6. The molecule has 0 aromatic heterocycles. The van der Waals surface area contributed by atoms with Gasteiger partial charge in [-0.3, -0.25) is 28.8 Å².